The summed E-state index contributed by atoms with van der Waals surface area (Å²) in [6, 6.07) is 0. The molecule has 29 heavy (non-hydrogen) atoms. The Hall–Kier alpha value is -1.30. The molecule has 0 saturated carbocycles. The molecule has 0 aromatic carbocycles. The molecule has 0 amide bonds. The number of H-pyrrole nitrogens is 1. The molecule has 3 unspecified atom stereocenters. The van der Waals surface area contributed by atoms with Crippen LogP contribution in [0.4, 0.5) is 0 Å². The first-order chi connectivity index (χ1) is 13.4. The Morgan fingerprint density at radius 1 is 1.38 bits per heavy atom. The molecular weight excluding hydrogens is 495 g/mol. The van der Waals surface area contributed by atoms with Crippen molar-refractivity contribution in [1.29, 1.82) is 0 Å². The summed E-state index contributed by atoms with van der Waals surface area (Å²) in [7, 11) is 0. The summed E-state index contributed by atoms with van der Waals surface area (Å²) in [5.74, 6) is -1.76. The zero-order valence-corrected chi connectivity index (χ0v) is 18.4. The fraction of sp³-hybridized carbons (Fsp3) is 0.529. The normalized spacial score (nSPS) is 27.7. The highest BCUT2D eigenvalue weighted by Crippen LogP contribution is 2.40. The Labute approximate surface area is 183 Å². The van der Waals surface area contributed by atoms with E-state index in [2.05, 4.69) is 20.9 Å². The molecule has 2 rings (SSSR count). The minimum atomic E-state index is -2.37. The van der Waals surface area contributed by atoms with Gasteiger partial charge in [-0.25, -0.2) is 4.79 Å². The molecule has 1 fully saturated rings. The van der Waals surface area contributed by atoms with Crippen LogP contribution in [0.2, 0.25) is 0 Å². The number of nitrogens with zero attached hydrogens (tertiary/aromatic N) is 1. The molecule has 0 aliphatic carbocycles. The molecule has 0 bridgehead atoms. The maximum atomic E-state index is 12.6. The number of carbonyl (C=O) groups is 2. The molecule has 1 saturated heterocycles. The van der Waals surface area contributed by atoms with Crippen molar-refractivity contribution in [2.24, 2.45) is 0 Å². The lowest BCUT2D eigenvalue weighted by Crippen LogP contribution is -2.56. The van der Waals surface area contributed by atoms with Gasteiger partial charge in [-0.05, 0) is 24.9 Å². The molecule has 9 nitrogen and oxygen atoms in total. The van der Waals surface area contributed by atoms with Gasteiger partial charge in [0, 0.05) is 12.6 Å². The average Bonchev–Trinajstić information content (AvgIpc) is 3.00. The molecule has 12 heteroatoms. The van der Waals surface area contributed by atoms with Gasteiger partial charge in [0.1, 0.15) is 18.4 Å². The molecule has 1 aliphatic heterocycles. The smallest absolute Gasteiger partial charge is 0.330 e. The number of halogens is 3. The third-order valence-electron chi connectivity index (χ3n) is 4.57. The first-order valence-electron chi connectivity index (χ1n) is 8.48. The van der Waals surface area contributed by atoms with Crippen molar-refractivity contribution in [3.8, 4) is 0 Å². The van der Waals surface area contributed by atoms with Gasteiger partial charge >= 0.3 is 5.69 Å². The minimum absolute atomic E-state index is 0.0834. The van der Waals surface area contributed by atoms with Crippen LogP contribution < -0.4 is 11.2 Å². The summed E-state index contributed by atoms with van der Waals surface area (Å²) in [5.41, 5.74) is -3.82. The molecule has 3 N–H and O–H groups in total. The molecule has 1 aliphatic rings. The fourth-order valence-corrected chi connectivity index (χ4v) is 3.69. The third kappa shape index (κ3) is 4.73. The first kappa shape index (κ1) is 24.0. The SMILES string of the molecule is CC(Cl)C(=O)C(O)[C@H]1O[C@@H](n2cc(/C=C/Br)c(=O)[nH]c2=O)C[C@@]1(O)C(=O)C(C)Cl. The summed E-state index contributed by atoms with van der Waals surface area (Å²) < 4.78 is 6.51. The zero-order chi connectivity index (χ0) is 22.1. The summed E-state index contributed by atoms with van der Waals surface area (Å²) in [5, 5.41) is 19.1. The lowest BCUT2D eigenvalue weighted by Gasteiger charge is -2.30. The van der Waals surface area contributed by atoms with E-state index in [1.807, 2.05) is 0 Å². The lowest BCUT2D eigenvalue weighted by molar-refractivity contribution is -0.160. The van der Waals surface area contributed by atoms with E-state index in [9.17, 15) is 29.4 Å². The summed E-state index contributed by atoms with van der Waals surface area (Å²) in [6.45, 7) is 2.63. The van der Waals surface area contributed by atoms with E-state index in [4.69, 9.17) is 27.9 Å². The molecule has 1 aromatic heterocycles. The minimum Gasteiger partial charge on any atom is -0.382 e. The highest BCUT2D eigenvalue weighted by Gasteiger charge is 2.58. The number of aromatic nitrogens is 2. The van der Waals surface area contributed by atoms with Crippen LogP contribution in [0.15, 0.2) is 20.8 Å². The van der Waals surface area contributed by atoms with Gasteiger partial charge < -0.3 is 14.9 Å². The van der Waals surface area contributed by atoms with Gasteiger partial charge in [-0.3, -0.25) is 23.9 Å². The van der Waals surface area contributed by atoms with Crippen molar-refractivity contribution in [3.63, 3.8) is 0 Å². The highest BCUT2D eigenvalue weighted by atomic mass is 79.9. The number of ketones is 2. The van der Waals surface area contributed by atoms with Crippen LogP contribution in [0.25, 0.3) is 6.08 Å². The number of rotatable bonds is 7. The number of carbonyl (C=O) groups excluding carboxylic acids is 2. The molecule has 1 aromatic rings. The van der Waals surface area contributed by atoms with E-state index < -0.39 is 64.0 Å². The van der Waals surface area contributed by atoms with Gasteiger partial charge in [-0.1, -0.05) is 15.9 Å². The second kappa shape index (κ2) is 9.23. The molecular formula is C17H19BrCl2N2O7. The number of alkyl halides is 2. The van der Waals surface area contributed by atoms with Crippen molar-refractivity contribution in [2.45, 2.75) is 55.1 Å². The number of hydrogen-bond donors (Lipinski definition) is 3. The summed E-state index contributed by atoms with van der Waals surface area (Å²) in [6.07, 6.45) is -2.89. The van der Waals surface area contributed by atoms with E-state index >= 15 is 0 Å². The van der Waals surface area contributed by atoms with Crippen molar-refractivity contribution in [1.82, 2.24) is 9.55 Å². The van der Waals surface area contributed by atoms with Gasteiger partial charge in [-0.15, -0.1) is 23.2 Å². The first-order valence-corrected chi connectivity index (χ1v) is 10.3. The Bertz CT molecular complexity index is 942. The third-order valence-corrected chi connectivity index (χ3v) is 5.24. The highest BCUT2D eigenvalue weighted by molar-refractivity contribution is 9.11. The number of aliphatic hydroxyl groups is 2. The Balaban J connectivity index is 2.54. The number of nitrogens with one attached hydrogen (secondary N) is 1. The van der Waals surface area contributed by atoms with E-state index in [1.165, 1.54) is 31.1 Å². The van der Waals surface area contributed by atoms with E-state index in [0.29, 0.717) is 0 Å². The van der Waals surface area contributed by atoms with Gasteiger partial charge in [-0.2, -0.15) is 0 Å². The number of aromatic amines is 1. The monoisotopic (exact) mass is 512 g/mol. The van der Waals surface area contributed by atoms with Crippen LogP contribution in [0.1, 0.15) is 32.1 Å². The lowest BCUT2D eigenvalue weighted by atomic mass is 9.84. The molecule has 160 valence electrons. The second-order valence-electron chi connectivity index (χ2n) is 6.63. The quantitative estimate of drug-likeness (QED) is 0.455. The van der Waals surface area contributed by atoms with Gasteiger partial charge in [0.2, 0.25) is 0 Å². The topological polar surface area (TPSA) is 139 Å². The average molecular weight is 514 g/mol. The maximum Gasteiger partial charge on any atom is 0.330 e. The predicted octanol–water partition coefficient (Wildman–Crippen LogP) is 0.674. The number of Topliss-reactive ketones (excluding diaryl/α,β-unsaturated/α-hetero) is 2. The largest absolute Gasteiger partial charge is 0.382 e. The zero-order valence-electron chi connectivity index (χ0n) is 15.3. The standard InChI is InChI=1S/C17H19BrCl2N2O7/c1-7(19)11(23)12(24)14-17(28,13(25)8(2)20)5-10(29-14)22-6-9(3-4-18)15(26)21-16(22)27/h3-4,6-8,10,12,14,24,28H,5H2,1-2H3,(H,21,26,27)/b4-3+/t7?,8?,10-,12?,14-,17-/m1/s1. The Morgan fingerprint density at radius 3 is 2.52 bits per heavy atom. The van der Waals surface area contributed by atoms with Crippen molar-refractivity contribution >= 4 is 56.8 Å². The van der Waals surface area contributed by atoms with Crippen LogP contribution in [0, 0.1) is 0 Å². The number of hydrogen-bond acceptors (Lipinski definition) is 7. The van der Waals surface area contributed by atoms with Crippen LogP contribution in [0.5, 0.6) is 0 Å². The molecule has 0 spiro atoms. The number of aliphatic hydroxyl groups excluding tert-OH is 1. The van der Waals surface area contributed by atoms with E-state index in [-0.39, 0.29) is 5.56 Å². The second-order valence-corrected chi connectivity index (χ2v) is 8.46. The van der Waals surface area contributed by atoms with Gasteiger partial charge in [0.15, 0.2) is 17.2 Å². The van der Waals surface area contributed by atoms with Gasteiger partial charge in [0.05, 0.1) is 16.3 Å². The molecule has 6 atom stereocenters. The Kier molecular flexibility index (Phi) is 7.63. The van der Waals surface area contributed by atoms with E-state index in [1.54, 1.807) is 0 Å². The van der Waals surface area contributed by atoms with Crippen LogP contribution in [-0.2, 0) is 14.3 Å². The molecule has 0 radical (unpaired) electrons. The molecule has 2 heterocycles. The fourth-order valence-electron chi connectivity index (χ4n) is 3.08. The van der Waals surface area contributed by atoms with Gasteiger partial charge in [0.25, 0.3) is 5.56 Å². The van der Waals surface area contributed by atoms with Crippen LogP contribution >= 0.6 is 39.1 Å². The van der Waals surface area contributed by atoms with E-state index in [0.717, 1.165) is 4.57 Å². The summed E-state index contributed by atoms with van der Waals surface area (Å²) in [4.78, 5) is 52.3. The maximum absolute atomic E-state index is 12.6. The van der Waals surface area contributed by atoms with Crippen LogP contribution in [0.3, 0.4) is 0 Å². The van der Waals surface area contributed by atoms with Crippen molar-refractivity contribution < 1.29 is 24.5 Å². The van der Waals surface area contributed by atoms with Crippen molar-refractivity contribution in [3.05, 3.63) is 37.6 Å². The Morgan fingerprint density at radius 2 is 2.00 bits per heavy atom. The summed E-state index contributed by atoms with van der Waals surface area (Å²) >= 11 is 14.6. The predicted molar refractivity (Wildman–Crippen MR) is 109 cm³/mol. The number of ether oxygens (including phenoxy) is 1. The van der Waals surface area contributed by atoms with Crippen LogP contribution in [-0.4, -0.2) is 59.9 Å². The van der Waals surface area contributed by atoms with Crippen molar-refractivity contribution in [2.75, 3.05) is 0 Å².